The van der Waals surface area contributed by atoms with Gasteiger partial charge in [-0.15, -0.1) is 0 Å². The summed E-state index contributed by atoms with van der Waals surface area (Å²) in [4.78, 5) is 41.0. The highest BCUT2D eigenvalue weighted by atomic mass is 35.5. The summed E-state index contributed by atoms with van der Waals surface area (Å²) in [5, 5.41) is 24.0. The summed E-state index contributed by atoms with van der Waals surface area (Å²) in [6.07, 6.45) is 2.66. The van der Waals surface area contributed by atoms with Crippen molar-refractivity contribution in [3.8, 4) is 0 Å². The van der Waals surface area contributed by atoms with Gasteiger partial charge in [0.15, 0.2) is 0 Å². The van der Waals surface area contributed by atoms with Crippen LogP contribution in [0.1, 0.15) is 70.3 Å². The molecule has 0 saturated heterocycles. The number of hydrogen-bond donors (Lipinski definition) is 3. The lowest BCUT2D eigenvalue weighted by Gasteiger charge is -2.48. The summed E-state index contributed by atoms with van der Waals surface area (Å²) in [7, 11) is 0. The van der Waals surface area contributed by atoms with E-state index in [1.807, 2.05) is 24.3 Å². The first-order valence-electron chi connectivity index (χ1n) is 13.9. The van der Waals surface area contributed by atoms with Gasteiger partial charge in [-0.2, -0.15) is 0 Å². The second-order valence-corrected chi connectivity index (χ2v) is 11.6. The zero-order chi connectivity index (χ0) is 29.1. The number of carbonyl (C=O) groups is 3. The third-order valence-electron chi connectivity index (χ3n) is 8.05. The molecule has 1 aliphatic carbocycles. The fourth-order valence-corrected chi connectivity index (χ4v) is 6.72. The molecule has 214 valence electrons. The maximum atomic E-state index is 14.1. The summed E-state index contributed by atoms with van der Waals surface area (Å²) in [6.45, 7) is 0.315. The molecule has 1 fully saturated rings. The number of rotatable bonds is 8. The lowest BCUT2D eigenvalue weighted by molar-refractivity contribution is -0.136. The number of nitrogens with zero attached hydrogens (tertiary/aromatic N) is 1. The predicted molar refractivity (Wildman–Crippen MR) is 157 cm³/mol. The number of benzene rings is 3. The van der Waals surface area contributed by atoms with E-state index in [0.717, 1.165) is 18.4 Å². The van der Waals surface area contributed by atoms with E-state index in [4.69, 9.17) is 28.3 Å². The molecule has 3 aromatic rings. The fraction of sp³-hybridized carbons (Fsp3) is 0.344. The van der Waals surface area contributed by atoms with Crippen LogP contribution in [0.2, 0.25) is 10.0 Å². The molecule has 1 heterocycles. The first-order chi connectivity index (χ1) is 19.7. The van der Waals surface area contributed by atoms with Gasteiger partial charge in [0.1, 0.15) is 0 Å². The van der Waals surface area contributed by atoms with Crippen LogP contribution in [0.3, 0.4) is 0 Å². The Bertz CT molecular complexity index is 1460. The Labute approximate surface area is 249 Å². The molecule has 2 amide bonds. The number of fused-ring (bicyclic) bond motifs is 1. The molecule has 0 radical (unpaired) electrons. The Morgan fingerprint density at radius 1 is 0.927 bits per heavy atom. The van der Waals surface area contributed by atoms with Gasteiger partial charge < -0.3 is 20.4 Å². The quantitative estimate of drug-likeness (QED) is 0.316. The largest absolute Gasteiger partial charge is 0.481 e. The minimum atomic E-state index is -0.902. The SMILES string of the molecule is O=C(O)Cc1cccc(CCNC(=O)C2c3ccccc3C(=O)N(C3CCCCC3O)C2c2ccc(Cl)cc2Cl)c1. The number of carboxylic acid groups (broad SMARTS) is 1. The molecule has 0 spiro atoms. The van der Waals surface area contributed by atoms with Crippen LogP contribution in [0.15, 0.2) is 66.7 Å². The predicted octanol–water partition coefficient (Wildman–Crippen LogP) is 5.56. The van der Waals surface area contributed by atoms with Crippen LogP contribution >= 0.6 is 23.2 Å². The highest BCUT2D eigenvalue weighted by molar-refractivity contribution is 6.35. The summed E-state index contributed by atoms with van der Waals surface area (Å²) in [5.41, 5.74) is 3.25. The van der Waals surface area contributed by atoms with Crippen LogP contribution in [0, 0.1) is 0 Å². The number of amides is 2. The molecule has 9 heteroatoms. The van der Waals surface area contributed by atoms with Gasteiger partial charge in [-0.05, 0) is 59.7 Å². The van der Waals surface area contributed by atoms with Crippen molar-refractivity contribution in [2.45, 2.75) is 62.6 Å². The van der Waals surface area contributed by atoms with E-state index in [9.17, 15) is 19.5 Å². The first-order valence-corrected chi connectivity index (χ1v) is 14.6. The summed E-state index contributed by atoms with van der Waals surface area (Å²) >= 11 is 12.9. The third-order valence-corrected chi connectivity index (χ3v) is 8.61. The van der Waals surface area contributed by atoms with Gasteiger partial charge in [0.2, 0.25) is 5.91 Å². The molecule has 1 aliphatic heterocycles. The molecule has 3 aromatic carbocycles. The van der Waals surface area contributed by atoms with Gasteiger partial charge >= 0.3 is 5.97 Å². The molecule has 2 aliphatic rings. The number of carbonyl (C=O) groups excluding carboxylic acids is 2. The standard InChI is InChI=1S/C32H32Cl2N2O5/c33-21-12-13-24(25(34)18-21)30-29(31(40)35-15-14-19-6-5-7-20(16-19)17-28(38)39)22-8-1-2-9-23(22)32(41)36(30)26-10-3-4-11-27(26)37/h1-2,5-9,12-13,16,18,26-27,29-30,37H,3-4,10-11,14-15,17H2,(H,35,40)(H,38,39). The van der Waals surface area contributed by atoms with E-state index in [-0.39, 0.29) is 18.2 Å². The minimum absolute atomic E-state index is 0.0700. The van der Waals surface area contributed by atoms with E-state index in [2.05, 4.69) is 5.32 Å². The number of aliphatic hydroxyl groups excluding tert-OH is 1. The summed E-state index contributed by atoms with van der Waals surface area (Å²) in [5.74, 6) is -2.18. The third kappa shape index (κ3) is 6.27. The number of halogens is 2. The highest BCUT2D eigenvalue weighted by Gasteiger charge is 2.48. The number of aliphatic carboxylic acids is 1. The van der Waals surface area contributed by atoms with Gasteiger partial charge in [0, 0.05) is 22.2 Å². The fourth-order valence-electron chi connectivity index (χ4n) is 6.20. The van der Waals surface area contributed by atoms with Crippen LogP contribution in [0.5, 0.6) is 0 Å². The Morgan fingerprint density at radius 3 is 2.44 bits per heavy atom. The van der Waals surface area contributed by atoms with Crippen LogP contribution < -0.4 is 5.32 Å². The summed E-state index contributed by atoms with van der Waals surface area (Å²) in [6, 6.07) is 18.3. The van der Waals surface area contributed by atoms with Crippen molar-refractivity contribution in [1.82, 2.24) is 10.2 Å². The van der Waals surface area contributed by atoms with Crippen molar-refractivity contribution < 1.29 is 24.6 Å². The molecular formula is C32H32Cl2N2O5. The van der Waals surface area contributed by atoms with Crippen molar-refractivity contribution in [2.75, 3.05) is 6.54 Å². The molecule has 7 nitrogen and oxygen atoms in total. The Hall–Kier alpha value is -3.39. The zero-order valence-electron chi connectivity index (χ0n) is 22.4. The van der Waals surface area contributed by atoms with Crippen LogP contribution in [-0.2, 0) is 22.4 Å². The second-order valence-electron chi connectivity index (χ2n) is 10.7. The lowest BCUT2D eigenvalue weighted by Crippen LogP contribution is -2.55. The van der Waals surface area contributed by atoms with Crippen molar-refractivity contribution in [3.05, 3.63) is 105 Å². The molecule has 5 rings (SSSR count). The van der Waals surface area contributed by atoms with Crippen molar-refractivity contribution in [1.29, 1.82) is 0 Å². The average Bonchev–Trinajstić information content (AvgIpc) is 2.93. The molecular weight excluding hydrogens is 563 g/mol. The van der Waals surface area contributed by atoms with Gasteiger partial charge in [0.25, 0.3) is 5.91 Å². The number of nitrogens with one attached hydrogen (secondary N) is 1. The van der Waals surface area contributed by atoms with Crippen molar-refractivity contribution in [3.63, 3.8) is 0 Å². The van der Waals surface area contributed by atoms with E-state index in [1.54, 1.807) is 47.4 Å². The minimum Gasteiger partial charge on any atom is -0.481 e. The molecule has 1 saturated carbocycles. The molecule has 4 unspecified atom stereocenters. The number of aliphatic hydroxyl groups is 1. The van der Waals surface area contributed by atoms with Gasteiger partial charge in [-0.1, -0.05) is 84.6 Å². The molecule has 0 aromatic heterocycles. The number of carboxylic acids is 1. The van der Waals surface area contributed by atoms with Crippen LogP contribution in [-0.4, -0.2) is 51.6 Å². The molecule has 0 bridgehead atoms. The Morgan fingerprint density at radius 2 is 1.68 bits per heavy atom. The lowest BCUT2D eigenvalue weighted by atomic mass is 9.76. The van der Waals surface area contributed by atoms with Gasteiger partial charge in [-0.3, -0.25) is 14.4 Å². The maximum absolute atomic E-state index is 14.1. The van der Waals surface area contributed by atoms with Crippen molar-refractivity contribution >= 4 is 41.0 Å². The second kappa shape index (κ2) is 12.6. The smallest absolute Gasteiger partial charge is 0.307 e. The van der Waals surface area contributed by atoms with E-state index in [0.29, 0.717) is 58.1 Å². The highest BCUT2D eigenvalue weighted by Crippen LogP contribution is 2.47. The molecule has 3 N–H and O–H groups in total. The monoisotopic (exact) mass is 594 g/mol. The van der Waals surface area contributed by atoms with E-state index >= 15 is 0 Å². The zero-order valence-corrected chi connectivity index (χ0v) is 23.9. The normalized spacial score (nSPS) is 22.2. The topological polar surface area (TPSA) is 107 Å². The molecule has 4 atom stereocenters. The molecule has 41 heavy (non-hydrogen) atoms. The first kappa shape index (κ1) is 29.1. The van der Waals surface area contributed by atoms with Crippen LogP contribution in [0.25, 0.3) is 0 Å². The van der Waals surface area contributed by atoms with Gasteiger partial charge in [-0.25, -0.2) is 0 Å². The average molecular weight is 596 g/mol. The summed E-state index contributed by atoms with van der Waals surface area (Å²) < 4.78 is 0. The van der Waals surface area contributed by atoms with Gasteiger partial charge in [0.05, 0.1) is 30.5 Å². The number of hydrogen-bond acceptors (Lipinski definition) is 4. The maximum Gasteiger partial charge on any atom is 0.307 e. The van der Waals surface area contributed by atoms with Crippen LogP contribution in [0.4, 0.5) is 0 Å². The van der Waals surface area contributed by atoms with Crippen molar-refractivity contribution in [2.24, 2.45) is 0 Å². The Kier molecular flexibility index (Phi) is 8.97. The Balaban J connectivity index is 1.50. The van der Waals surface area contributed by atoms with E-state index in [1.165, 1.54) is 0 Å². The van der Waals surface area contributed by atoms with E-state index < -0.39 is 30.1 Å².